The van der Waals surface area contributed by atoms with Gasteiger partial charge in [-0.1, -0.05) is 18.2 Å². The third-order valence-electron chi connectivity index (χ3n) is 2.16. The van der Waals surface area contributed by atoms with Crippen LogP contribution in [0.25, 0.3) is 0 Å². The van der Waals surface area contributed by atoms with Gasteiger partial charge in [-0.25, -0.2) is 0 Å². The molecule has 0 bridgehead atoms. The molecule has 12 heavy (non-hydrogen) atoms. The van der Waals surface area contributed by atoms with E-state index in [0.717, 1.165) is 0 Å². The molecule has 0 amide bonds. The minimum Gasteiger partial charge on any atom is -0.323 e. The largest absolute Gasteiger partial charge is 0.323 e. The van der Waals surface area contributed by atoms with Crippen molar-refractivity contribution >= 4 is 12.6 Å². The molecule has 1 unspecified atom stereocenters. The summed E-state index contributed by atoms with van der Waals surface area (Å²) in [5.41, 5.74) is 9.62. The van der Waals surface area contributed by atoms with Crippen molar-refractivity contribution in [2.75, 3.05) is 5.75 Å². The van der Waals surface area contributed by atoms with Crippen molar-refractivity contribution in [3.8, 4) is 0 Å². The molecule has 1 rings (SSSR count). The van der Waals surface area contributed by atoms with Crippen LogP contribution in [0.1, 0.15) is 22.7 Å². The molecule has 1 atom stereocenters. The first-order valence-corrected chi connectivity index (χ1v) is 4.72. The number of rotatable bonds is 2. The van der Waals surface area contributed by atoms with Gasteiger partial charge in [0.25, 0.3) is 0 Å². The number of hydrogen-bond donors (Lipinski definition) is 2. The highest BCUT2D eigenvalue weighted by atomic mass is 32.1. The monoisotopic (exact) mass is 181 g/mol. The first kappa shape index (κ1) is 9.62. The van der Waals surface area contributed by atoms with E-state index in [1.54, 1.807) is 0 Å². The molecule has 0 aliphatic rings. The highest BCUT2D eigenvalue weighted by Crippen LogP contribution is 2.15. The van der Waals surface area contributed by atoms with Crippen molar-refractivity contribution in [3.05, 3.63) is 34.9 Å². The lowest BCUT2D eigenvalue weighted by atomic mass is 10.0. The molecule has 0 aliphatic carbocycles. The quantitative estimate of drug-likeness (QED) is 0.672. The Morgan fingerprint density at radius 1 is 1.33 bits per heavy atom. The fourth-order valence-corrected chi connectivity index (χ4v) is 1.31. The third-order valence-corrected chi connectivity index (χ3v) is 2.55. The van der Waals surface area contributed by atoms with E-state index in [1.807, 2.05) is 0 Å². The molecule has 1 nitrogen and oxygen atoms in total. The van der Waals surface area contributed by atoms with Gasteiger partial charge in [-0.2, -0.15) is 12.6 Å². The van der Waals surface area contributed by atoms with Gasteiger partial charge in [0.2, 0.25) is 0 Å². The van der Waals surface area contributed by atoms with Gasteiger partial charge in [0, 0.05) is 11.8 Å². The van der Waals surface area contributed by atoms with E-state index in [1.165, 1.54) is 16.7 Å². The fraction of sp³-hybridized carbons (Fsp3) is 0.400. The SMILES string of the molecule is Cc1ccc(C(N)CS)cc1C. The lowest BCUT2D eigenvalue weighted by Crippen LogP contribution is -2.11. The van der Waals surface area contributed by atoms with Crippen molar-refractivity contribution in [2.45, 2.75) is 19.9 Å². The smallest absolute Gasteiger partial charge is 0.0384 e. The molecule has 0 spiro atoms. The normalized spacial score (nSPS) is 13.0. The third kappa shape index (κ3) is 2.02. The van der Waals surface area contributed by atoms with Crippen LogP contribution in [0.15, 0.2) is 18.2 Å². The first-order valence-electron chi connectivity index (χ1n) is 4.08. The van der Waals surface area contributed by atoms with Gasteiger partial charge in [-0.3, -0.25) is 0 Å². The second-order valence-electron chi connectivity index (χ2n) is 3.13. The molecule has 1 aromatic rings. The molecule has 2 heteroatoms. The van der Waals surface area contributed by atoms with Gasteiger partial charge in [0.1, 0.15) is 0 Å². The molecule has 0 saturated heterocycles. The molecule has 0 aliphatic heterocycles. The summed E-state index contributed by atoms with van der Waals surface area (Å²) >= 11 is 4.16. The van der Waals surface area contributed by atoms with Crippen LogP contribution >= 0.6 is 12.6 Å². The van der Waals surface area contributed by atoms with Crippen LogP contribution in [0, 0.1) is 13.8 Å². The Hall–Kier alpha value is -0.470. The maximum atomic E-state index is 5.84. The minimum absolute atomic E-state index is 0.0626. The van der Waals surface area contributed by atoms with Crippen LogP contribution in [-0.4, -0.2) is 5.75 Å². The van der Waals surface area contributed by atoms with Crippen molar-refractivity contribution in [1.82, 2.24) is 0 Å². The van der Waals surface area contributed by atoms with Crippen LogP contribution < -0.4 is 5.73 Å². The number of thiol groups is 1. The number of nitrogens with two attached hydrogens (primary N) is 1. The average molecular weight is 181 g/mol. The maximum absolute atomic E-state index is 5.84. The van der Waals surface area contributed by atoms with E-state index in [4.69, 9.17) is 5.73 Å². The summed E-state index contributed by atoms with van der Waals surface area (Å²) in [6.07, 6.45) is 0. The zero-order chi connectivity index (χ0) is 9.14. The summed E-state index contributed by atoms with van der Waals surface area (Å²) in [4.78, 5) is 0. The Labute approximate surface area is 79.4 Å². The molecule has 0 aromatic heterocycles. The second kappa shape index (κ2) is 3.97. The average Bonchev–Trinajstić information content (AvgIpc) is 2.08. The highest BCUT2D eigenvalue weighted by molar-refractivity contribution is 7.80. The minimum atomic E-state index is 0.0626. The molecule has 1 aromatic carbocycles. The molecule has 0 radical (unpaired) electrons. The second-order valence-corrected chi connectivity index (χ2v) is 3.50. The Morgan fingerprint density at radius 3 is 2.50 bits per heavy atom. The Bertz CT molecular complexity index is 271. The zero-order valence-electron chi connectivity index (χ0n) is 7.54. The Morgan fingerprint density at radius 2 is 2.00 bits per heavy atom. The summed E-state index contributed by atoms with van der Waals surface area (Å²) in [7, 11) is 0. The van der Waals surface area contributed by atoms with Crippen molar-refractivity contribution in [3.63, 3.8) is 0 Å². The van der Waals surface area contributed by atoms with Gasteiger partial charge in [0.05, 0.1) is 0 Å². The summed E-state index contributed by atoms with van der Waals surface area (Å²) in [6, 6.07) is 6.38. The van der Waals surface area contributed by atoms with Gasteiger partial charge in [0.15, 0.2) is 0 Å². The van der Waals surface area contributed by atoms with Gasteiger partial charge in [-0.05, 0) is 30.5 Å². The number of aryl methyl sites for hydroxylation is 2. The zero-order valence-corrected chi connectivity index (χ0v) is 8.44. The lowest BCUT2D eigenvalue weighted by Gasteiger charge is -2.10. The summed E-state index contributed by atoms with van der Waals surface area (Å²) in [5.74, 6) is 0.697. The van der Waals surface area contributed by atoms with E-state index in [0.29, 0.717) is 5.75 Å². The van der Waals surface area contributed by atoms with Gasteiger partial charge in [-0.15, -0.1) is 0 Å². The van der Waals surface area contributed by atoms with Crippen molar-refractivity contribution in [2.24, 2.45) is 5.73 Å². The van der Waals surface area contributed by atoms with Crippen LogP contribution in [0.2, 0.25) is 0 Å². The topological polar surface area (TPSA) is 26.0 Å². The standard InChI is InChI=1S/C10H15NS/c1-7-3-4-9(5-8(7)2)10(11)6-12/h3-5,10,12H,6,11H2,1-2H3. The van der Waals surface area contributed by atoms with Crippen LogP contribution in [0.5, 0.6) is 0 Å². The summed E-state index contributed by atoms with van der Waals surface area (Å²) < 4.78 is 0. The van der Waals surface area contributed by atoms with Crippen molar-refractivity contribution < 1.29 is 0 Å². The molecule has 2 N–H and O–H groups in total. The number of benzene rings is 1. The van der Waals surface area contributed by atoms with E-state index >= 15 is 0 Å². The molecule has 0 heterocycles. The predicted molar refractivity (Wildman–Crippen MR) is 56.7 cm³/mol. The van der Waals surface area contributed by atoms with Gasteiger partial charge < -0.3 is 5.73 Å². The summed E-state index contributed by atoms with van der Waals surface area (Å²) in [5, 5.41) is 0. The van der Waals surface area contributed by atoms with E-state index in [-0.39, 0.29) is 6.04 Å². The molecule has 0 fully saturated rings. The lowest BCUT2D eigenvalue weighted by molar-refractivity contribution is 0.832. The highest BCUT2D eigenvalue weighted by Gasteiger charge is 2.03. The van der Waals surface area contributed by atoms with Gasteiger partial charge >= 0.3 is 0 Å². The van der Waals surface area contributed by atoms with Crippen LogP contribution in [0.4, 0.5) is 0 Å². The maximum Gasteiger partial charge on any atom is 0.0384 e. The molecular weight excluding hydrogens is 166 g/mol. The fourth-order valence-electron chi connectivity index (χ4n) is 1.10. The van der Waals surface area contributed by atoms with Crippen LogP contribution in [-0.2, 0) is 0 Å². The van der Waals surface area contributed by atoms with Crippen LogP contribution in [0.3, 0.4) is 0 Å². The summed E-state index contributed by atoms with van der Waals surface area (Å²) in [6.45, 7) is 4.20. The van der Waals surface area contributed by atoms with Crippen molar-refractivity contribution in [1.29, 1.82) is 0 Å². The number of hydrogen-bond acceptors (Lipinski definition) is 2. The van der Waals surface area contributed by atoms with E-state index < -0.39 is 0 Å². The Balaban J connectivity index is 2.96. The molecule has 66 valence electrons. The van der Waals surface area contributed by atoms with E-state index in [2.05, 4.69) is 44.7 Å². The Kier molecular flexibility index (Phi) is 3.18. The molecular formula is C10H15NS. The molecule has 0 saturated carbocycles. The first-order chi connectivity index (χ1) is 5.65. The van der Waals surface area contributed by atoms with E-state index in [9.17, 15) is 0 Å². The predicted octanol–water partition coefficient (Wildman–Crippen LogP) is 2.23.